The monoisotopic (exact) mass is 677 g/mol. The highest BCUT2D eigenvalue weighted by molar-refractivity contribution is 14.1. The number of allylic oxidation sites excluding steroid dienone is 1. The van der Waals surface area contributed by atoms with E-state index in [4.69, 9.17) is 28.9 Å². The SMILES string of the molecule is CCOC(=O)C1=C(C)NC(=O)N[C@@H]1c1ccc(OCC(=O)N/N=C/c2cc(I)cc(OC)c2OCC#N)c(OC)c1. The number of ether oxygens (including phenoxy) is 5. The number of esters is 1. The second kappa shape index (κ2) is 14.7. The lowest BCUT2D eigenvalue weighted by atomic mass is 9.95. The molecule has 1 atom stereocenters. The molecular weight excluding hydrogens is 649 g/mol. The Labute approximate surface area is 249 Å². The van der Waals surface area contributed by atoms with Crippen LogP contribution in [0.2, 0.25) is 0 Å². The van der Waals surface area contributed by atoms with E-state index in [1.165, 1.54) is 20.4 Å². The first-order valence-corrected chi connectivity index (χ1v) is 13.3. The summed E-state index contributed by atoms with van der Waals surface area (Å²) < 4.78 is 27.8. The van der Waals surface area contributed by atoms with E-state index < -0.39 is 30.6 Å². The van der Waals surface area contributed by atoms with Crippen molar-refractivity contribution in [2.45, 2.75) is 19.9 Å². The number of hydrogen-bond donors (Lipinski definition) is 3. The number of rotatable bonds is 12. The molecule has 41 heavy (non-hydrogen) atoms. The Morgan fingerprint density at radius 2 is 1.90 bits per heavy atom. The van der Waals surface area contributed by atoms with Crippen LogP contribution in [0.25, 0.3) is 0 Å². The van der Waals surface area contributed by atoms with Crippen molar-refractivity contribution in [1.82, 2.24) is 16.1 Å². The van der Waals surface area contributed by atoms with Gasteiger partial charge < -0.3 is 34.3 Å². The molecule has 3 amide bonds. The van der Waals surface area contributed by atoms with Gasteiger partial charge in [0.1, 0.15) is 6.07 Å². The van der Waals surface area contributed by atoms with Gasteiger partial charge in [-0.05, 0) is 66.3 Å². The summed E-state index contributed by atoms with van der Waals surface area (Å²) in [6.07, 6.45) is 1.37. The molecular formula is C27H28IN5O8. The van der Waals surface area contributed by atoms with Gasteiger partial charge in [0.2, 0.25) is 0 Å². The fraction of sp³-hybridized carbons (Fsp3) is 0.296. The van der Waals surface area contributed by atoms with E-state index in [-0.39, 0.29) is 30.3 Å². The van der Waals surface area contributed by atoms with Gasteiger partial charge in [-0.25, -0.2) is 15.0 Å². The summed E-state index contributed by atoms with van der Waals surface area (Å²) in [5.41, 5.74) is 4.05. The molecule has 0 aromatic heterocycles. The summed E-state index contributed by atoms with van der Waals surface area (Å²) in [5.74, 6) is 0.142. The van der Waals surface area contributed by atoms with Crippen molar-refractivity contribution < 1.29 is 38.1 Å². The minimum Gasteiger partial charge on any atom is -0.493 e. The molecule has 3 rings (SSSR count). The third-order valence-electron chi connectivity index (χ3n) is 5.59. The van der Waals surface area contributed by atoms with Crippen molar-refractivity contribution in [1.29, 1.82) is 5.26 Å². The standard InChI is InChI=1S/C27H28IN5O8/c1-5-39-26(35)23-15(2)31-27(36)32-24(23)16-6-7-19(20(11-16)37-3)41-14-22(34)33-30-13-17-10-18(28)12-21(38-4)25(17)40-9-8-29/h6-7,10-13,24H,5,9,14H2,1-4H3,(H,33,34)(H2,31,32,36)/b30-13+/t24-/m1/s1. The van der Waals surface area contributed by atoms with E-state index in [9.17, 15) is 14.4 Å². The van der Waals surface area contributed by atoms with E-state index >= 15 is 0 Å². The molecule has 0 fully saturated rings. The topological polar surface area (TPSA) is 170 Å². The molecule has 0 aliphatic carbocycles. The molecule has 1 aliphatic rings. The number of hydrazone groups is 1. The van der Waals surface area contributed by atoms with Gasteiger partial charge >= 0.3 is 12.0 Å². The van der Waals surface area contributed by atoms with Crippen LogP contribution in [-0.4, -0.2) is 58.2 Å². The molecule has 14 heteroatoms. The summed E-state index contributed by atoms with van der Waals surface area (Å²) in [7, 11) is 2.90. The van der Waals surface area contributed by atoms with Crippen LogP contribution in [0.3, 0.4) is 0 Å². The molecule has 0 saturated carbocycles. The Kier molecular flexibility index (Phi) is 11.2. The maximum atomic E-state index is 12.6. The number of nitriles is 1. The quantitative estimate of drug-likeness (QED) is 0.132. The maximum Gasteiger partial charge on any atom is 0.338 e. The van der Waals surface area contributed by atoms with E-state index in [0.29, 0.717) is 28.3 Å². The van der Waals surface area contributed by atoms with Gasteiger partial charge in [-0.15, -0.1) is 0 Å². The third-order valence-corrected chi connectivity index (χ3v) is 6.21. The summed E-state index contributed by atoms with van der Waals surface area (Å²) in [6.45, 7) is 2.90. The van der Waals surface area contributed by atoms with Crippen molar-refractivity contribution in [3.8, 4) is 29.1 Å². The zero-order valence-electron chi connectivity index (χ0n) is 22.7. The highest BCUT2D eigenvalue weighted by Crippen LogP contribution is 2.35. The predicted molar refractivity (Wildman–Crippen MR) is 155 cm³/mol. The number of amides is 3. The summed E-state index contributed by atoms with van der Waals surface area (Å²) in [5, 5.41) is 18.1. The Morgan fingerprint density at radius 3 is 2.59 bits per heavy atom. The minimum absolute atomic E-state index is 0.174. The van der Waals surface area contributed by atoms with Gasteiger partial charge in [-0.1, -0.05) is 6.07 Å². The zero-order valence-corrected chi connectivity index (χ0v) is 24.9. The lowest BCUT2D eigenvalue weighted by molar-refractivity contribution is -0.139. The maximum absolute atomic E-state index is 12.6. The number of carbonyl (C=O) groups is 3. The lowest BCUT2D eigenvalue weighted by Crippen LogP contribution is -2.45. The van der Waals surface area contributed by atoms with Crippen LogP contribution in [0.15, 0.2) is 46.7 Å². The summed E-state index contributed by atoms with van der Waals surface area (Å²) in [6, 6.07) is 8.94. The minimum atomic E-state index is -0.787. The first-order chi connectivity index (χ1) is 19.7. The average Bonchev–Trinajstić information content (AvgIpc) is 2.94. The zero-order chi connectivity index (χ0) is 29.9. The van der Waals surface area contributed by atoms with Crippen LogP contribution >= 0.6 is 22.6 Å². The van der Waals surface area contributed by atoms with Crippen molar-refractivity contribution in [3.05, 3.63) is 56.3 Å². The molecule has 13 nitrogen and oxygen atoms in total. The van der Waals surface area contributed by atoms with E-state index in [0.717, 1.165) is 3.57 Å². The van der Waals surface area contributed by atoms with Gasteiger partial charge in [-0.3, -0.25) is 4.79 Å². The predicted octanol–water partition coefficient (Wildman–Crippen LogP) is 2.93. The lowest BCUT2D eigenvalue weighted by Gasteiger charge is -2.28. The van der Waals surface area contributed by atoms with Crippen LogP contribution in [0.1, 0.15) is 31.0 Å². The van der Waals surface area contributed by atoms with Gasteiger partial charge in [0.25, 0.3) is 5.91 Å². The van der Waals surface area contributed by atoms with E-state index in [2.05, 4.69) is 43.8 Å². The van der Waals surface area contributed by atoms with Gasteiger partial charge in [0.05, 0.1) is 38.7 Å². The fourth-order valence-electron chi connectivity index (χ4n) is 3.85. The second-order valence-electron chi connectivity index (χ2n) is 8.26. The number of urea groups is 1. The number of halogens is 1. The molecule has 0 unspecified atom stereocenters. The Morgan fingerprint density at radius 1 is 1.15 bits per heavy atom. The first kappa shape index (κ1) is 31.0. The fourth-order valence-corrected chi connectivity index (χ4v) is 4.47. The van der Waals surface area contributed by atoms with Crippen LogP contribution in [-0.2, 0) is 14.3 Å². The van der Waals surface area contributed by atoms with Gasteiger partial charge in [0, 0.05) is 14.8 Å². The van der Waals surface area contributed by atoms with E-state index in [1.54, 1.807) is 44.2 Å². The van der Waals surface area contributed by atoms with Gasteiger partial charge in [0.15, 0.2) is 36.2 Å². The van der Waals surface area contributed by atoms with Crippen molar-refractivity contribution in [2.75, 3.05) is 34.0 Å². The highest BCUT2D eigenvalue weighted by Gasteiger charge is 2.32. The largest absolute Gasteiger partial charge is 0.493 e. The summed E-state index contributed by atoms with van der Waals surface area (Å²) >= 11 is 2.10. The molecule has 3 N–H and O–H groups in total. The average molecular weight is 677 g/mol. The molecule has 216 valence electrons. The Bertz CT molecular complexity index is 1420. The van der Waals surface area contributed by atoms with Gasteiger partial charge in [-0.2, -0.15) is 10.4 Å². The molecule has 0 radical (unpaired) electrons. The number of nitrogens with one attached hydrogen (secondary N) is 3. The van der Waals surface area contributed by atoms with Crippen molar-refractivity contribution in [3.63, 3.8) is 0 Å². The smallest absolute Gasteiger partial charge is 0.338 e. The van der Waals surface area contributed by atoms with Crippen LogP contribution in [0.5, 0.6) is 23.0 Å². The van der Waals surface area contributed by atoms with Crippen LogP contribution in [0, 0.1) is 14.9 Å². The normalized spacial score (nSPS) is 14.4. The molecule has 2 aromatic rings. The number of hydrogen-bond acceptors (Lipinski definition) is 10. The second-order valence-corrected chi connectivity index (χ2v) is 9.50. The molecule has 1 heterocycles. The third kappa shape index (κ3) is 8.01. The molecule has 2 aromatic carbocycles. The highest BCUT2D eigenvalue weighted by atomic mass is 127. The number of carbonyl (C=O) groups excluding carboxylic acids is 3. The van der Waals surface area contributed by atoms with Crippen molar-refractivity contribution in [2.24, 2.45) is 5.10 Å². The number of nitrogens with zero attached hydrogens (tertiary/aromatic N) is 2. The molecule has 0 spiro atoms. The van der Waals surface area contributed by atoms with Crippen LogP contribution < -0.4 is 35.0 Å². The van der Waals surface area contributed by atoms with E-state index in [1.807, 2.05) is 6.07 Å². The molecule has 0 saturated heterocycles. The number of benzene rings is 2. The Hall–Kier alpha value is -4.52. The first-order valence-electron chi connectivity index (χ1n) is 12.2. The molecule has 1 aliphatic heterocycles. The number of methoxy groups -OCH3 is 2. The Balaban J connectivity index is 1.71. The molecule has 0 bridgehead atoms. The van der Waals surface area contributed by atoms with Crippen molar-refractivity contribution >= 4 is 46.7 Å². The van der Waals surface area contributed by atoms with Crippen LogP contribution in [0.4, 0.5) is 4.79 Å². The summed E-state index contributed by atoms with van der Waals surface area (Å²) in [4.78, 5) is 37.1.